The molecule has 0 spiro atoms. The first-order valence-electron chi connectivity index (χ1n) is 6.97. The summed E-state index contributed by atoms with van der Waals surface area (Å²) in [4.78, 5) is 29.1. The van der Waals surface area contributed by atoms with Gasteiger partial charge in [-0.1, -0.05) is 6.07 Å². The predicted octanol–water partition coefficient (Wildman–Crippen LogP) is 1.35. The van der Waals surface area contributed by atoms with Crippen molar-refractivity contribution in [3.05, 3.63) is 44.9 Å². The van der Waals surface area contributed by atoms with Crippen LogP contribution in [0.15, 0.2) is 29.2 Å². The monoisotopic (exact) mass is 305 g/mol. The van der Waals surface area contributed by atoms with E-state index in [0.717, 1.165) is 13.0 Å². The SMILES string of the molecule is CC(CCN(C)C)Nc1nc2ccccn2c(=O)c1[N+](=O)[O-]. The van der Waals surface area contributed by atoms with Gasteiger partial charge in [0, 0.05) is 12.2 Å². The number of nitrogens with zero attached hydrogens (tertiary/aromatic N) is 4. The molecule has 0 radical (unpaired) electrons. The summed E-state index contributed by atoms with van der Waals surface area (Å²) in [6.45, 7) is 2.73. The number of nitro groups is 1. The number of pyridine rings is 1. The maximum Gasteiger partial charge on any atom is 0.376 e. The third-order valence-electron chi connectivity index (χ3n) is 3.29. The van der Waals surface area contributed by atoms with Crippen LogP contribution in [0.2, 0.25) is 0 Å². The lowest BCUT2D eigenvalue weighted by atomic mass is 10.2. The summed E-state index contributed by atoms with van der Waals surface area (Å²) in [6.07, 6.45) is 2.25. The lowest BCUT2D eigenvalue weighted by Crippen LogP contribution is -2.26. The molecule has 1 N–H and O–H groups in total. The molecule has 0 fully saturated rings. The molecule has 0 bridgehead atoms. The number of nitrogens with one attached hydrogen (secondary N) is 1. The first-order chi connectivity index (χ1) is 10.4. The summed E-state index contributed by atoms with van der Waals surface area (Å²) in [5.41, 5.74) is -0.835. The van der Waals surface area contributed by atoms with Gasteiger partial charge in [-0.25, -0.2) is 4.98 Å². The zero-order chi connectivity index (χ0) is 16.3. The molecule has 8 nitrogen and oxygen atoms in total. The van der Waals surface area contributed by atoms with Gasteiger partial charge in [0.25, 0.3) is 0 Å². The second-order valence-corrected chi connectivity index (χ2v) is 5.44. The predicted molar refractivity (Wildman–Crippen MR) is 84.4 cm³/mol. The average molecular weight is 305 g/mol. The average Bonchev–Trinajstić information content (AvgIpc) is 2.45. The van der Waals surface area contributed by atoms with Gasteiger partial charge in [0.05, 0.1) is 4.92 Å². The van der Waals surface area contributed by atoms with E-state index in [-0.39, 0.29) is 11.9 Å². The maximum absolute atomic E-state index is 12.3. The fraction of sp³-hybridized carbons (Fsp3) is 0.429. The second-order valence-electron chi connectivity index (χ2n) is 5.44. The van der Waals surface area contributed by atoms with Gasteiger partial charge in [0.1, 0.15) is 5.65 Å². The number of fused-ring (bicyclic) bond motifs is 1. The number of hydrogen-bond donors (Lipinski definition) is 1. The van der Waals surface area contributed by atoms with Crippen LogP contribution in [0.4, 0.5) is 11.5 Å². The summed E-state index contributed by atoms with van der Waals surface area (Å²) in [5, 5.41) is 14.2. The molecule has 2 aromatic rings. The fourth-order valence-corrected chi connectivity index (χ4v) is 2.10. The van der Waals surface area contributed by atoms with Crippen molar-refractivity contribution < 1.29 is 4.92 Å². The smallest absolute Gasteiger partial charge is 0.362 e. The van der Waals surface area contributed by atoms with E-state index in [1.165, 1.54) is 10.6 Å². The number of hydrogen-bond acceptors (Lipinski definition) is 6. The van der Waals surface area contributed by atoms with Crippen LogP contribution in [0.1, 0.15) is 13.3 Å². The molecule has 0 aromatic carbocycles. The fourth-order valence-electron chi connectivity index (χ4n) is 2.10. The first kappa shape index (κ1) is 15.9. The third-order valence-corrected chi connectivity index (χ3v) is 3.29. The summed E-state index contributed by atoms with van der Waals surface area (Å²) >= 11 is 0. The topological polar surface area (TPSA) is 92.8 Å². The van der Waals surface area contributed by atoms with Gasteiger partial charge in [0.15, 0.2) is 0 Å². The number of rotatable bonds is 6. The van der Waals surface area contributed by atoms with Gasteiger partial charge in [0.2, 0.25) is 5.82 Å². The normalized spacial score (nSPS) is 12.5. The Morgan fingerprint density at radius 3 is 2.82 bits per heavy atom. The van der Waals surface area contributed by atoms with Gasteiger partial charge in [-0.15, -0.1) is 0 Å². The van der Waals surface area contributed by atoms with Crippen LogP contribution < -0.4 is 10.9 Å². The van der Waals surface area contributed by atoms with E-state index in [0.29, 0.717) is 5.65 Å². The summed E-state index contributed by atoms with van der Waals surface area (Å²) in [5.74, 6) is 0.0208. The quantitative estimate of drug-likeness (QED) is 0.640. The van der Waals surface area contributed by atoms with Gasteiger partial charge < -0.3 is 10.2 Å². The van der Waals surface area contributed by atoms with E-state index < -0.39 is 16.2 Å². The molecule has 8 heteroatoms. The molecule has 0 aliphatic carbocycles. The standard InChI is InChI=1S/C14H19N5O3/c1-10(7-9-17(2)3)15-13-12(19(21)22)14(20)18-8-5-4-6-11(18)16-13/h4-6,8,10,15H,7,9H2,1-3H3. The van der Waals surface area contributed by atoms with Crippen molar-refractivity contribution in [2.24, 2.45) is 0 Å². The first-order valence-corrected chi connectivity index (χ1v) is 6.97. The Morgan fingerprint density at radius 1 is 1.45 bits per heavy atom. The minimum atomic E-state index is -0.685. The van der Waals surface area contributed by atoms with E-state index in [4.69, 9.17) is 0 Å². The molecule has 22 heavy (non-hydrogen) atoms. The maximum atomic E-state index is 12.3. The Hall–Kier alpha value is -2.48. The van der Waals surface area contributed by atoms with Crippen LogP contribution >= 0.6 is 0 Å². The molecule has 0 saturated heterocycles. The van der Waals surface area contributed by atoms with E-state index in [9.17, 15) is 14.9 Å². The molecule has 0 aliphatic rings. The van der Waals surface area contributed by atoms with Crippen molar-refractivity contribution in [1.82, 2.24) is 14.3 Å². The minimum Gasteiger partial charge on any atom is -0.362 e. The zero-order valence-electron chi connectivity index (χ0n) is 12.8. The Bertz CT molecular complexity index is 741. The van der Waals surface area contributed by atoms with Crippen molar-refractivity contribution in [2.75, 3.05) is 26.0 Å². The summed E-state index contributed by atoms with van der Waals surface area (Å²) < 4.78 is 1.17. The van der Waals surface area contributed by atoms with Gasteiger partial charge >= 0.3 is 11.2 Å². The highest BCUT2D eigenvalue weighted by atomic mass is 16.6. The Balaban J connectivity index is 2.41. The van der Waals surface area contributed by atoms with Crippen LogP contribution in [0.5, 0.6) is 0 Å². The van der Waals surface area contributed by atoms with E-state index in [1.54, 1.807) is 18.2 Å². The van der Waals surface area contributed by atoms with Crippen LogP contribution in [0.3, 0.4) is 0 Å². The molecule has 2 rings (SSSR count). The summed E-state index contributed by atoms with van der Waals surface area (Å²) in [6, 6.07) is 4.96. The Kier molecular flexibility index (Phi) is 4.71. The van der Waals surface area contributed by atoms with Crippen molar-refractivity contribution in [3.8, 4) is 0 Å². The molecule has 1 unspecified atom stereocenters. The molecule has 0 saturated carbocycles. The molecular weight excluding hydrogens is 286 g/mol. The van der Waals surface area contributed by atoms with E-state index in [1.807, 2.05) is 25.9 Å². The largest absolute Gasteiger partial charge is 0.376 e. The summed E-state index contributed by atoms with van der Waals surface area (Å²) in [7, 11) is 3.91. The van der Waals surface area contributed by atoms with Gasteiger partial charge in [-0.2, -0.15) is 0 Å². The Labute approximate surface area is 127 Å². The molecule has 0 aliphatic heterocycles. The van der Waals surface area contributed by atoms with Gasteiger partial charge in [-0.3, -0.25) is 19.3 Å². The molecule has 1 atom stereocenters. The molecule has 118 valence electrons. The molecular formula is C14H19N5O3. The van der Waals surface area contributed by atoms with E-state index in [2.05, 4.69) is 10.3 Å². The van der Waals surface area contributed by atoms with Crippen molar-refractivity contribution >= 4 is 17.2 Å². The highest BCUT2D eigenvalue weighted by Crippen LogP contribution is 2.19. The van der Waals surface area contributed by atoms with Crippen molar-refractivity contribution in [3.63, 3.8) is 0 Å². The van der Waals surface area contributed by atoms with E-state index >= 15 is 0 Å². The van der Waals surface area contributed by atoms with Crippen LogP contribution in [-0.4, -0.2) is 45.9 Å². The lowest BCUT2D eigenvalue weighted by Gasteiger charge is -2.17. The number of anilines is 1. The third kappa shape index (κ3) is 3.40. The molecule has 2 heterocycles. The van der Waals surface area contributed by atoms with Crippen LogP contribution in [0, 0.1) is 10.1 Å². The molecule has 2 aromatic heterocycles. The highest BCUT2D eigenvalue weighted by Gasteiger charge is 2.24. The lowest BCUT2D eigenvalue weighted by molar-refractivity contribution is -0.385. The van der Waals surface area contributed by atoms with Crippen molar-refractivity contribution in [1.29, 1.82) is 0 Å². The van der Waals surface area contributed by atoms with Crippen molar-refractivity contribution in [2.45, 2.75) is 19.4 Å². The van der Waals surface area contributed by atoms with Crippen LogP contribution in [-0.2, 0) is 0 Å². The second kappa shape index (κ2) is 6.52. The number of aromatic nitrogens is 2. The van der Waals surface area contributed by atoms with Gasteiger partial charge in [-0.05, 0) is 46.1 Å². The zero-order valence-corrected chi connectivity index (χ0v) is 12.8. The minimum absolute atomic E-state index is 0.0208. The molecule has 0 amide bonds. The Morgan fingerprint density at radius 2 is 2.18 bits per heavy atom. The highest BCUT2D eigenvalue weighted by molar-refractivity contribution is 5.60. The van der Waals surface area contributed by atoms with Crippen LogP contribution in [0.25, 0.3) is 5.65 Å².